The third-order valence-corrected chi connectivity index (χ3v) is 7.45. The van der Waals surface area contributed by atoms with Crippen molar-refractivity contribution in [1.82, 2.24) is 15.7 Å². The quantitative estimate of drug-likeness (QED) is 0.209. The average Bonchev–Trinajstić information content (AvgIpc) is 3.49. The van der Waals surface area contributed by atoms with Crippen LogP contribution in [0.5, 0.6) is 5.75 Å². The van der Waals surface area contributed by atoms with Crippen LogP contribution in [0.4, 0.5) is 0 Å². The third-order valence-electron chi connectivity index (χ3n) is 4.82. The van der Waals surface area contributed by atoms with Crippen LogP contribution in [0.15, 0.2) is 75.9 Å². The first-order valence-corrected chi connectivity index (χ1v) is 12.6. The van der Waals surface area contributed by atoms with Crippen LogP contribution >= 0.6 is 38.6 Å². The van der Waals surface area contributed by atoms with Gasteiger partial charge in [0.25, 0.3) is 11.8 Å². The van der Waals surface area contributed by atoms with Crippen molar-refractivity contribution in [3.63, 3.8) is 0 Å². The number of carbonyl (C=O) groups excluding carboxylic acids is 2. The van der Waals surface area contributed by atoms with Gasteiger partial charge in [0.2, 0.25) is 0 Å². The zero-order valence-corrected chi connectivity index (χ0v) is 21.1. The molecule has 0 aliphatic rings. The minimum Gasteiger partial charge on any atom is -0.506 e. The zero-order chi connectivity index (χ0) is 24.1. The van der Waals surface area contributed by atoms with Crippen molar-refractivity contribution in [2.45, 2.75) is 13.5 Å². The monoisotopic (exact) mass is 554 g/mol. The van der Waals surface area contributed by atoms with Crippen molar-refractivity contribution in [2.24, 2.45) is 5.10 Å². The molecule has 0 fully saturated rings. The van der Waals surface area contributed by atoms with Crippen LogP contribution in [0, 0.1) is 0 Å². The minimum absolute atomic E-state index is 0.117. The molecule has 4 rings (SSSR count). The molecule has 0 saturated heterocycles. The number of nitrogens with one attached hydrogen (secondary N) is 2. The smallest absolute Gasteiger partial charge is 0.281 e. The Labute approximate surface area is 212 Å². The molecule has 0 aliphatic heterocycles. The Kier molecular flexibility index (Phi) is 7.51. The summed E-state index contributed by atoms with van der Waals surface area (Å²) in [6.45, 7) is 2.06. The van der Waals surface area contributed by atoms with E-state index in [1.54, 1.807) is 42.9 Å². The summed E-state index contributed by atoms with van der Waals surface area (Å²) in [5.74, 6) is -0.582. The molecular weight excluding hydrogens is 536 g/mol. The fourth-order valence-electron chi connectivity index (χ4n) is 3.02. The van der Waals surface area contributed by atoms with Gasteiger partial charge < -0.3 is 10.4 Å². The highest BCUT2D eigenvalue weighted by atomic mass is 79.9. The molecule has 1 aromatic carbocycles. The van der Waals surface area contributed by atoms with Crippen LogP contribution in [-0.2, 0) is 6.54 Å². The molecule has 3 heterocycles. The molecule has 2 amide bonds. The minimum atomic E-state index is -0.432. The SMILES string of the molecule is CC(=NNC(=O)c1ccc(C(=O)NCc2cccnc2)s1)c1csc(-c2ccc(Br)cc2)c1O. The number of thiophene rings is 2. The van der Waals surface area contributed by atoms with E-state index in [1.165, 1.54) is 11.3 Å². The first-order valence-electron chi connectivity index (χ1n) is 10.1. The van der Waals surface area contributed by atoms with Gasteiger partial charge in [-0.3, -0.25) is 14.6 Å². The summed E-state index contributed by atoms with van der Waals surface area (Å²) < 4.78 is 0.954. The van der Waals surface area contributed by atoms with E-state index in [0.29, 0.717) is 27.6 Å². The highest BCUT2D eigenvalue weighted by Gasteiger charge is 2.16. The lowest BCUT2D eigenvalue weighted by Gasteiger charge is -2.03. The summed E-state index contributed by atoms with van der Waals surface area (Å²) in [6.07, 6.45) is 3.35. The van der Waals surface area contributed by atoms with Gasteiger partial charge in [0.1, 0.15) is 5.75 Å². The predicted molar refractivity (Wildman–Crippen MR) is 139 cm³/mol. The summed E-state index contributed by atoms with van der Waals surface area (Å²) in [5, 5.41) is 19.4. The van der Waals surface area contributed by atoms with Crippen molar-refractivity contribution in [3.8, 4) is 16.2 Å². The van der Waals surface area contributed by atoms with Crippen LogP contribution in [0.3, 0.4) is 0 Å². The van der Waals surface area contributed by atoms with Crippen molar-refractivity contribution in [3.05, 3.63) is 91.7 Å². The number of carbonyl (C=O) groups is 2. The van der Waals surface area contributed by atoms with Gasteiger partial charge in [-0.05, 0) is 48.4 Å². The number of pyridine rings is 1. The van der Waals surface area contributed by atoms with Crippen molar-refractivity contribution >= 4 is 56.1 Å². The predicted octanol–water partition coefficient (Wildman–Crippen LogP) is 5.42. The second-order valence-electron chi connectivity index (χ2n) is 7.18. The maximum atomic E-state index is 12.5. The molecule has 0 unspecified atom stereocenters. The molecule has 34 heavy (non-hydrogen) atoms. The molecule has 172 valence electrons. The molecule has 7 nitrogen and oxygen atoms in total. The van der Waals surface area contributed by atoms with Crippen LogP contribution in [0.1, 0.15) is 37.4 Å². The molecule has 0 atom stereocenters. The number of nitrogens with zero attached hydrogens (tertiary/aromatic N) is 2. The summed E-state index contributed by atoms with van der Waals surface area (Å²) in [4.78, 5) is 30.4. The highest BCUT2D eigenvalue weighted by molar-refractivity contribution is 9.10. The summed E-state index contributed by atoms with van der Waals surface area (Å²) in [6, 6.07) is 14.5. The maximum absolute atomic E-state index is 12.5. The van der Waals surface area contributed by atoms with Crippen LogP contribution < -0.4 is 10.7 Å². The first-order chi connectivity index (χ1) is 16.4. The van der Waals surface area contributed by atoms with E-state index in [-0.39, 0.29) is 11.7 Å². The van der Waals surface area contributed by atoms with Gasteiger partial charge >= 0.3 is 0 Å². The normalized spacial score (nSPS) is 11.3. The standard InChI is InChI=1S/C24H19BrN4O3S2/c1-14(18-13-33-22(21(18)30)16-4-6-17(25)7-5-16)28-29-24(32)20-9-8-19(34-20)23(31)27-12-15-3-2-10-26-11-15/h2-11,13,30H,12H2,1H3,(H,27,31)(H,29,32). The Morgan fingerprint density at radius 2 is 1.82 bits per heavy atom. The van der Waals surface area contributed by atoms with Crippen molar-refractivity contribution in [1.29, 1.82) is 0 Å². The molecule has 3 aromatic heterocycles. The fraction of sp³-hybridized carbons (Fsp3) is 0.0833. The van der Waals surface area contributed by atoms with Crippen LogP contribution in [-0.4, -0.2) is 27.6 Å². The molecule has 0 radical (unpaired) electrons. The second-order valence-corrected chi connectivity index (χ2v) is 10.1. The van der Waals surface area contributed by atoms with E-state index in [4.69, 9.17) is 0 Å². The lowest BCUT2D eigenvalue weighted by molar-refractivity contribution is 0.0950. The number of aromatic nitrogens is 1. The number of hydrogen-bond acceptors (Lipinski definition) is 7. The molecule has 10 heteroatoms. The van der Waals surface area contributed by atoms with Gasteiger partial charge in [-0.1, -0.05) is 34.1 Å². The van der Waals surface area contributed by atoms with Crippen molar-refractivity contribution in [2.75, 3.05) is 0 Å². The molecule has 0 spiro atoms. The fourth-order valence-corrected chi connectivity index (χ4v) is 5.11. The van der Waals surface area contributed by atoms with Gasteiger partial charge in [-0.15, -0.1) is 22.7 Å². The van der Waals surface area contributed by atoms with Gasteiger partial charge in [0.05, 0.1) is 25.9 Å². The lowest BCUT2D eigenvalue weighted by atomic mass is 10.1. The number of halogens is 1. The number of benzene rings is 1. The third kappa shape index (κ3) is 5.58. The summed E-state index contributed by atoms with van der Waals surface area (Å²) in [7, 11) is 0. The van der Waals surface area contributed by atoms with Crippen LogP contribution in [0.25, 0.3) is 10.4 Å². The Bertz CT molecular complexity index is 1350. The topological polar surface area (TPSA) is 104 Å². The summed E-state index contributed by atoms with van der Waals surface area (Å²) in [5.41, 5.74) is 5.29. The van der Waals surface area contributed by atoms with Gasteiger partial charge in [-0.2, -0.15) is 5.10 Å². The maximum Gasteiger partial charge on any atom is 0.281 e. The van der Waals surface area contributed by atoms with Crippen molar-refractivity contribution < 1.29 is 14.7 Å². The van der Waals surface area contributed by atoms with Gasteiger partial charge in [-0.25, -0.2) is 5.43 Å². The molecule has 3 N–H and O–H groups in total. The number of amides is 2. The first kappa shape index (κ1) is 23.8. The zero-order valence-electron chi connectivity index (χ0n) is 17.9. The molecule has 0 bridgehead atoms. The van der Waals surface area contributed by atoms with Crippen LogP contribution in [0.2, 0.25) is 0 Å². The van der Waals surface area contributed by atoms with Gasteiger partial charge in [0, 0.05) is 28.8 Å². The molecule has 0 aliphatic carbocycles. The largest absolute Gasteiger partial charge is 0.506 e. The van der Waals surface area contributed by atoms with E-state index in [1.807, 2.05) is 30.3 Å². The van der Waals surface area contributed by atoms with E-state index < -0.39 is 5.91 Å². The molecule has 4 aromatic rings. The van der Waals surface area contributed by atoms with E-state index >= 15 is 0 Å². The number of rotatable bonds is 7. The van der Waals surface area contributed by atoms with E-state index in [9.17, 15) is 14.7 Å². The Hall–Kier alpha value is -3.34. The van der Waals surface area contributed by atoms with Gasteiger partial charge in [0.15, 0.2) is 0 Å². The molecule has 0 saturated carbocycles. The summed E-state index contributed by atoms with van der Waals surface area (Å²) >= 11 is 5.88. The molecular formula is C24H19BrN4O3S2. The Morgan fingerprint density at radius 1 is 1.09 bits per heavy atom. The second kappa shape index (κ2) is 10.7. The number of aromatic hydroxyl groups is 1. The average molecular weight is 555 g/mol. The number of hydrogen-bond donors (Lipinski definition) is 3. The lowest BCUT2D eigenvalue weighted by Crippen LogP contribution is -2.22. The highest BCUT2D eigenvalue weighted by Crippen LogP contribution is 2.39. The Balaban J connectivity index is 1.39. The van der Waals surface area contributed by atoms with E-state index in [0.717, 1.165) is 31.8 Å². The number of hydrazone groups is 1. The Morgan fingerprint density at radius 3 is 2.53 bits per heavy atom. The van der Waals surface area contributed by atoms with E-state index in [2.05, 4.69) is 36.8 Å².